The molecule has 0 aliphatic heterocycles. The van der Waals surface area contributed by atoms with Crippen LogP contribution in [-0.4, -0.2) is 29.9 Å². The average Bonchev–Trinajstić information content (AvgIpc) is 3.28. The zero-order chi connectivity index (χ0) is 21.6. The van der Waals surface area contributed by atoms with Crippen molar-refractivity contribution in [2.45, 2.75) is 6.54 Å². The van der Waals surface area contributed by atoms with E-state index in [1.807, 2.05) is 72.8 Å². The van der Waals surface area contributed by atoms with Gasteiger partial charge < -0.3 is 14.8 Å². The van der Waals surface area contributed by atoms with Crippen molar-refractivity contribution >= 4 is 5.91 Å². The molecule has 1 aromatic heterocycles. The molecule has 6 nitrogen and oxygen atoms in total. The maximum Gasteiger partial charge on any atom is 0.255 e. The second-order valence-corrected chi connectivity index (χ2v) is 6.91. The SMILES string of the molecule is COc1ccc(-c2nn(-c3ccccc3)cc2C(=O)NCc2ccccc2)c(OC)c1. The predicted molar refractivity (Wildman–Crippen MR) is 120 cm³/mol. The highest BCUT2D eigenvalue weighted by Gasteiger charge is 2.21. The van der Waals surface area contributed by atoms with Crippen LogP contribution in [0.3, 0.4) is 0 Å². The van der Waals surface area contributed by atoms with Gasteiger partial charge in [-0.25, -0.2) is 4.68 Å². The lowest BCUT2D eigenvalue weighted by Gasteiger charge is -2.10. The molecule has 0 aliphatic rings. The maximum absolute atomic E-state index is 13.1. The first-order valence-corrected chi connectivity index (χ1v) is 9.89. The van der Waals surface area contributed by atoms with Gasteiger partial charge in [0, 0.05) is 24.4 Å². The first-order chi connectivity index (χ1) is 15.2. The number of aromatic nitrogens is 2. The molecular weight excluding hydrogens is 390 g/mol. The molecule has 6 heteroatoms. The lowest BCUT2D eigenvalue weighted by molar-refractivity contribution is 0.0951. The number of carbonyl (C=O) groups is 1. The van der Waals surface area contributed by atoms with Crippen molar-refractivity contribution in [2.75, 3.05) is 14.2 Å². The van der Waals surface area contributed by atoms with Gasteiger partial charge in [0.2, 0.25) is 0 Å². The molecule has 0 bridgehead atoms. The molecule has 1 heterocycles. The number of methoxy groups -OCH3 is 2. The van der Waals surface area contributed by atoms with Gasteiger partial charge in [-0.05, 0) is 29.8 Å². The summed E-state index contributed by atoms with van der Waals surface area (Å²) >= 11 is 0. The molecule has 156 valence electrons. The Bertz CT molecular complexity index is 1170. The minimum absolute atomic E-state index is 0.209. The maximum atomic E-state index is 13.1. The van der Waals surface area contributed by atoms with E-state index in [2.05, 4.69) is 5.32 Å². The van der Waals surface area contributed by atoms with Crippen molar-refractivity contribution in [3.8, 4) is 28.4 Å². The normalized spacial score (nSPS) is 10.5. The molecule has 4 aromatic rings. The van der Waals surface area contributed by atoms with E-state index in [1.54, 1.807) is 31.2 Å². The molecule has 0 saturated heterocycles. The van der Waals surface area contributed by atoms with Gasteiger partial charge in [-0.15, -0.1) is 0 Å². The van der Waals surface area contributed by atoms with Crippen LogP contribution in [0.1, 0.15) is 15.9 Å². The van der Waals surface area contributed by atoms with Gasteiger partial charge in [-0.3, -0.25) is 4.79 Å². The van der Waals surface area contributed by atoms with Gasteiger partial charge in [0.15, 0.2) is 0 Å². The summed E-state index contributed by atoms with van der Waals surface area (Å²) in [5, 5.41) is 7.72. The molecule has 0 spiro atoms. The lowest BCUT2D eigenvalue weighted by atomic mass is 10.1. The summed E-state index contributed by atoms with van der Waals surface area (Å²) in [6, 6.07) is 24.9. The molecule has 0 fully saturated rings. The molecular formula is C25H23N3O3. The first-order valence-electron chi connectivity index (χ1n) is 9.89. The number of nitrogens with one attached hydrogen (secondary N) is 1. The number of hydrogen-bond acceptors (Lipinski definition) is 4. The topological polar surface area (TPSA) is 65.4 Å². The van der Waals surface area contributed by atoms with Crippen LogP contribution in [-0.2, 0) is 6.54 Å². The molecule has 1 amide bonds. The number of carbonyl (C=O) groups excluding carboxylic acids is 1. The number of nitrogens with zero attached hydrogens (tertiary/aromatic N) is 2. The fraction of sp³-hybridized carbons (Fsp3) is 0.120. The van der Waals surface area contributed by atoms with E-state index in [9.17, 15) is 4.79 Å². The molecule has 0 radical (unpaired) electrons. The van der Waals surface area contributed by atoms with Gasteiger partial charge >= 0.3 is 0 Å². The van der Waals surface area contributed by atoms with Crippen molar-refractivity contribution in [2.24, 2.45) is 0 Å². The van der Waals surface area contributed by atoms with Crippen molar-refractivity contribution in [3.05, 3.63) is 96.2 Å². The second kappa shape index (κ2) is 9.17. The van der Waals surface area contributed by atoms with Crippen LogP contribution in [0.5, 0.6) is 11.5 Å². The Morgan fingerprint density at radius 1 is 0.935 bits per heavy atom. The smallest absolute Gasteiger partial charge is 0.255 e. The highest BCUT2D eigenvalue weighted by Crippen LogP contribution is 2.34. The average molecular weight is 413 g/mol. The minimum Gasteiger partial charge on any atom is -0.497 e. The number of rotatable bonds is 7. The molecule has 0 aliphatic carbocycles. The van der Waals surface area contributed by atoms with Gasteiger partial charge in [-0.1, -0.05) is 48.5 Å². The number of para-hydroxylation sites is 1. The second-order valence-electron chi connectivity index (χ2n) is 6.91. The summed E-state index contributed by atoms with van der Waals surface area (Å²) in [5.74, 6) is 1.03. The number of ether oxygens (including phenoxy) is 2. The summed E-state index contributed by atoms with van der Waals surface area (Å²) in [7, 11) is 3.18. The van der Waals surface area contributed by atoms with E-state index in [0.717, 1.165) is 11.3 Å². The lowest BCUT2D eigenvalue weighted by Crippen LogP contribution is -2.23. The summed E-state index contributed by atoms with van der Waals surface area (Å²) in [4.78, 5) is 13.1. The Morgan fingerprint density at radius 3 is 2.32 bits per heavy atom. The van der Waals surface area contributed by atoms with Crippen LogP contribution < -0.4 is 14.8 Å². The van der Waals surface area contributed by atoms with E-state index in [4.69, 9.17) is 14.6 Å². The monoisotopic (exact) mass is 413 g/mol. The van der Waals surface area contributed by atoms with Crippen LogP contribution in [0.4, 0.5) is 0 Å². The molecule has 0 saturated carbocycles. The van der Waals surface area contributed by atoms with Gasteiger partial charge in [-0.2, -0.15) is 5.10 Å². The van der Waals surface area contributed by atoms with E-state index in [-0.39, 0.29) is 5.91 Å². The van der Waals surface area contributed by atoms with Crippen LogP contribution in [0.15, 0.2) is 85.1 Å². The third-order valence-corrected chi connectivity index (χ3v) is 4.94. The molecule has 3 aromatic carbocycles. The fourth-order valence-corrected chi connectivity index (χ4v) is 3.32. The quantitative estimate of drug-likeness (QED) is 0.485. The van der Waals surface area contributed by atoms with Crippen LogP contribution in [0, 0.1) is 0 Å². The van der Waals surface area contributed by atoms with E-state index in [1.165, 1.54) is 0 Å². The van der Waals surface area contributed by atoms with E-state index in [0.29, 0.717) is 34.9 Å². The highest BCUT2D eigenvalue weighted by molar-refractivity contribution is 6.00. The standard InChI is InChI=1S/C25H23N3O3/c1-30-20-13-14-21(23(15-20)31-2)24-22(17-28(27-24)19-11-7-4-8-12-19)25(29)26-16-18-9-5-3-6-10-18/h3-15,17H,16H2,1-2H3,(H,26,29). The van der Waals surface area contributed by atoms with Crippen LogP contribution in [0.25, 0.3) is 16.9 Å². The van der Waals surface area contributed by atoms with E-state index >= 15 is 0 Å². The fourth-order valence-electron chi connectivity index (χ4n) is 3.32. The van der Waals surface area contributed by atoms with E-state index < -0.39 is 0 Å². The summed E-state index contributed by atoms with van der Waals surface area (Å²) < 4.78 is 12.6. The minimum atomic E-state index is -0.209. The Balaban J connectivity index is 1.74. The molecule has 31 heavy (non-hydrogen) atoms. The first kappa shape index (κ1) is 20.2. The third-order valence-electron chi connectivity index (χ3n) is 4.94. The van der Waals surface area contributed by atoms with Crippen molar-refractivity contribution in [1.82, 2.24) is 15.1 Å². The summed E-state index contributed by atoms with van der Waals surface area (Å²) in [5.41, 5.74) is 3.59. The molecule has 0 unspecified atom stereocenters. The van der Waals surface area contributed by atoms with Crippen LogP contribution >= 0.6 is 0 Å². The highest BCUT2D eigenvalue weighted by atomic mass is 16.5. The predicted octanol–water partition coefficient (Wildman–Crippen LogP) is 4.49. The Labute approximate surface area is 181 Å². The summed E-state index contributed by atoms with van der Waals surface area (Å²) in [6.07, 6.45) is 1.74. The summed E-state index contributed by atoms with van der Waals surface area (Å²) in [6.45, 7) is 0.426. The molecule has 1 N–H and O–H groups in total. The van der Waals surface area contributed by atoms with Gasteiger partial charge in [0.05, 0.1) is 25.5 Å². The van der Waals surface area contributed by atoms with Crippen molar-refractivity contribution in [1.29, 1.82) is 0 Å². The molecule has 4 rings (SSSR count). The zero-order valence-electron chi connectivity index (χ0n) is 17.4. The number of benzene rings is 3. The Kier molecular flexibility index (Phi) is 5.98. The Hall–Kier alpha value is -4.06. The van der Waals surface area contributed by atoms with Gasteiger partial charge in [0.25, 0.3) is 5.91 Å². The largest absolute Gasteiger partial charge is 0.497 e. The van der Waals surface area contributed by atoms with Crippen LogP contribution in [0.2, 0.25) is 0 Å². The number of hydrogen-bond donors (Lipinski definition) is 1. The zero-order valence-corrected chi connectivity index (χ0v) is 17.4. The number of amides is 1. The Morgan fingerprint density at radius 2 is 1.65 bits per heavy atom. The van der Waals surface area contributed by atoms with Crippen molar-refractivity contribution < 1.29 is 14.3 Å². The van der Waals surface area contributed by atoms with Crippen molar-refractivity contribution in [3.63, 3.8) is 0 Å². The molecule has 0 atom stereocenters. The van der Waals surface area contributed by atoms with Gasteiger partial charge in [0.1, 0.15) is 17.2 Å². The third kappa shape index (κ3) is 4.43.